The van der Waals surface area contributed by atoms with Crippen LogP contribution >= 0.6 is 0 Å². The van der Waals surface area contributed by atoms with Gasteiger partial charge in [-0.2, -0.15) is 0 Å². The Balaban J connectivity index is 2.09. The standard InChI is InChI=1S/C13H22N2O/c1-13(2,16-3)7-11-15-10-6-12-4-8-14-9-5-12/h4-5,8-9,15H,6-7,10-11H2,1-3H3. The Morgan fingerprint density at radius 1 is 1.25 bits per heavy atom. The molecular weight excluding hydrogens is 200 g/mol. The lowest BCUT2D eigenvalue weighted by Gasteiger charge is -2.22. The summed E-state index contributed by atoms with van der Waals surface area (Å²) >= 11 is 0. The van der Waals surface area contributed by atoms with Crippen molar-refractivity contribution in [2.45, 2.75) is 32.3 Å². The predicted molar refractivity (Wildman–Crippen MR) is 66.5 cm³/mol. The molecule has 0 bridgehead atoms. The van der Waals surface area contributed by atoms with E-state index in [0.29, 0.717) is 0 Å². The highest BCUT2D eigenvalue weighted by Crippen LogP contribution is 2.11. The number of pyridine rings is 1. The number of rotatable bonds is 7. The minimum absolute atomic E-state index is 0.0241. The van der Waals surface area contributed by atoms with Crippen molar-refractivity contribution >= 4 is 0 Å². The zero-order valence-electron chi connectivity index (χ0n) is 10.5. The maximum Gasteiger partial charge on any atom is 0.0634 e. The minimum atomic E-state index is -0.0241. The molecule has 0 saturated carbocycles. The molecule has 0 amide bonds. The van der Waals surface area contributed by atoms with Gasteiger partial charge in [-0.1, -0.05) is 0 Å². The van der Waals surface area contributed by atoms with E-state index in [1.807, 2.05) is 12.4 Å². The average molecular weight is 222 g/mol. The van der Waals surface area contributed by atoms with E-state index in [2.05, 4.69) is 36.3 Å². The second-order valence-electron chi connectivity index (χ2n) is 4.57. The van der Waals surface area contributed by atoms with Gasteiger partial charge in [-0.3, -0.25) is 4.98 Å². The van der Waals surface area contributed by atoms with Gasteiger partial charge in [0.05, 0.1) is 5.60 Å². The van der Waals surface area contributed by atoms with Crippen LogP contribution in [0.2, 0.25) is 0 Å². The van der Waals surface area contributed by atoms with Crippen LogP contribution in [0.4, 0.5) is 0 Å². The fourth-order valence-corrected chi connectivity index (χ4v) is 1.40. The van der Waals surface area contributed by atoms with Crippen LogP contribution in [0, 0.1) is 0 Å². The summed E-state index contributed by atoms with van der Waals surface area (Å²) in [4.78, 5) is 4.00. The minimum Gasteiger partial charge on any atom is -0.379 e. The molecule has 0 unspecified atom stereocenters. The first-order valence-electron chi connectivity index (χ1n) is 5.79. The topological polar surface area (TPSA) is 34.1 Å². The Morgan fingerprint density at radius 2 is 1.94 bits per heavy atom. The number of nitrogens with one attached hydrogen (secondary N) is 1. The molecule has 1 rings (SSSR count). The first-order valence-corrected chi connectivity index (χ1v) is 5.79. The number of nitrogens with zero attached hydrogens (tertiary/aromatic N) is 1. The van der Waals surface area contributed by atoms with Gasteiger partial charge in [0.1, 0.15) is 0 Å². The second-order valence-corrected chi connectivity index (χ2v) is 4.57. The third kappa shape index (κ3) is 5.24. The molecule has 3 nitrogen and oxygen atoms in total. The normalized spacial score (nSPS) is 11.7. The molecule has 0 radical (unpaired) electrons. The molecule has 0 aromatic carbocycles. The Hall–Kier alpha value is -0.930. The smallest absolute Gasteiger partial charge is 0.0634 e. The van der Waals surface area contributed by atoms with Crippen LogP contribution < -0.4 is 5.32 Å². The summed E-state index contributed by atoms with van der Waals surface area (Å²) in [6.07, 6.45) is 5.75. The van der Waals surface area contributed by atoms with E-state index in [1.54, 1.807) is 7.11 Å². The molecule has 16 heavy (non-hydrogen) atoms. The van der Waals surface area contributed by atoms with Gasteiger partial charge in [0.15, 0.2) is 0 Å². The molecule has 1 aromatic heterocycles. The molecule has 0 aliphatic carbocycles. The number of hydrogen-bond donors (Lipinski definition) is 1. The summed E-state index contributed by atoms with van der Waals surface area (Å²) in [5, 5.41) is 3.42. The highest BCUT2D eigenvalue weighted by atomic mass is 16.5. The van der Waals surface area contributed by atoms with Gasteiger partial charge in [0, 0.05) is 19.5 Å². The lowest BCUT2D eigenvalue weighted by Crippen LogP contribution is -2.29. The summed E-state index contributed by atoms with van der Waals surface area (Å²) in [5.74, 6) is 0. The lowest BCUT2D eigenvalue weighted by atomic mass is 10.1. The van der Waals surface area contributed by atoms with E-state index < -0.39 is 0 Å². The van der Waals surface area contributed by atoms with E-state index in [9.17, 15) is 0 Å². The maximum atomic E-state index is 5.35. The quantitative estimate of drug-likeness (QED) is 0.717. The van der Waals surface area contributed by atoms with Crippen LogP contribution in [-0.2, 0) is 11.2 Å². The average Bonchev–Trinajstić information content (AvgIpc) is 2.30. The summed E-state index contributed by atoms with van der Waals surface area (Å²) < 4.78 is 5.35. The van der Waals surface area contributed by atoms with Crippen LogP contribution in [-0.4, -0.2) is 30.8 Å². The van der Waals surface area contributed by atoms with Gasteiger partial charge in [-0.05, 0) is 57.5 Å². The maximum absolute atomic E-state index is 5.35. The van der Waals surface area contributed by atoms with E-state index in [1.165, 1.54) is 5.56 Å². The summed E-state index contributed by atoms with van der Waals surface area (Å²) in [7, 11) is 1.76. The zero-order chi connectivity index (χ0) is 11.9. The van der Waals surface area contributed by atoms with E-state index in [-0.39, 0.29) is 5.60 Å². The molecule has 0 atom stereocenters. The van der Waals surface area contributed by atoms with Crippen LogP contribution in [0.5, 0.6) is 0 Å². The second kappa shape index (κ2) is 6.61. The first-order chi connectivity index (χ1) is 7.64. The van der Waals surface area contributed by atoms with Gasteiger partial charge in [0.2, 0.25) is 0 Å². The predicted octanol–water partition coefficient (Wildman–Crippen LogP) is 2.03. The molecular formula is C13H22N2O. The van der Waals surface area contributed by atoms with Gasteiger partial charge >= 0.3 is 0 Å². The molecule has 1 N–H and O–H groups in total. The number of ether oxygens (including phenoxy) is 1. The molecule has 0 saturated heterocycles. The van der Waals surface area contributed by atoms with Gasteiger partial charge in [0.25, 0.3) is 0 Å². The van der Waals surface area contributed by atoms with E-state index >= 15 is 0 Å². The Bertz CT molecular complexity index is 285. The largest absolute Gasteiger partial charge is 0.379 e. The fourth-order valence-electron chi connectivity index (χ4n) is 1.40. The van der Waals surface area contributed by atoms with Crippen molar-refractivity contribution in [2.75, 3.05) is 20.2 Å². The lowest BCUT2D eigenvalue weighted by molar-refractivity contribution is 0.0159. The van der Waals surface area contributed by atoms with E-state index in [0.717, 1.165) is 25.9 Å². The number of methoxy groups -OCH3 is 1. The van der Waals surface area contributed by atoms with Crippen LogP contribution in [0.3, 0.4) is 0 Å². The van der Waals surface area contributed by atoms with Crippen molar-refractivity contribution in [1.29, 1.82) is 0 Å². The first kappa shape index (κ1) is 13.1. The van der Waals surface area contributed by atoms with Crippen molar-refractivity contribution < 1.29 is 4.74 Å². The third-order valence-corrected chi connectivity index (χ3v) is 2.80. The SMILES string of the molecule is COC(C)(C)CCNCCc1ccncc1. The summed E-state index contributed by atoms with van der Waals surface area (Å²) in [5.41, 5.74) is 1.30. The zero-order valence-corrected chi connectivity index (χ0v) is 10.5. The highest BCUT2D eigenvalue weighted by molar-refractivity contribution is 5.09. The van der Waals surface area contributed by atoms with E-state index in [4.69, 9.17) is 4.74 Å². The van der Waals surface area contributed by atoms with Crippen molar-refractivity contribution in [1.82, 2.24) is 10.3 Å². The number of hydrogen-bond acceptors (Lipinski definition) is 3. The Morgan fingerprint density at radius 3 is 2.56 bits per heavy atom. The van der Waals surface area contributed by atoms with Crippen LogP contribution in [0.15, 0.2) is 24.5 Å². The fraction of sp³-hybridized carbons (Fsp3) is 0.615. The molecule has 3 heteroatoms. The van der Waals surface area contributed by atoms with Crippen molar-refractivity contribution in [2.24, 2.45) is 0 Å². The van der Waals surface area contributed by atoms with Gasteiger partial charge in [-0.25, -0.2) is 0 Å². The molecule has 0 fully saturated rings. The van der Waals surface area contributed by atoms with Crippen molar-refractivity contribution in [3.63, 3.8) is 0 Å². The summed E-state index contributed by atoms with van der Waals surface area (Å²) in [6.45, 7) is 6.21. The number of aromatic nitrogens is 1. The third-order valence-electron chi connectivity index (χ3n) is 2.80. The Labute approximate surface area is 98.2 Å². The van der Waals surface area contributed by atoms with Crippen molar-refractivity contribution in [3.05, 3.63) is 30.1 Å². The molecule has 1 heterocycles. The van der Waals surface area contributed by atoms with Gasteiger partial charge in [-0.15, -0.1) is 0 Å². The monoisotopic (exact) mass is 222 g/mol. The molecule has 0 spiro atoms. The molecule has 0 aliphatic heterocycles. The van der Waals surface area contributed by atoms with Crippen molar-refractivity contribution in [3.8, 4) is 0 Å². The molecule has 90 valence electrons. The molecule has 0 aliphatic rings. The molecule has 1 aromatic rings. The highest BCUT2D eigenvalue weighted by Gasteiger charge is 2.14. The van der Waals surface area contributed by atoms with Crippen LogP contribution in [0.1, 0.15) is 25.8 Å². The van der Waals surface area contributed by atoms with Gasteiger partial charge < -0.3 is 10.1 Å². The van der Waals surface area contributed by atoms with Crippen LogP contribution in [0.25, 0.3) is 0 Å². The summed E-state index contributed by atoms with van der Waals surface area (Å²) in [6, 6.07) is 4.11. The Kier molecular flexibility index (Phi) is 5.43.